The van der Waals surface area contributed by atoms with E-state index in [0.717, 1.165) is 18.4 Å². The van der Waals surface area contributed by atoms with Gasteiger partial charge in [0.05, 0.1) is 19.6 Å². The Bertz CT molecular complexity index is 495. The molecular formula is C16H23ClN2O3. The van der Waals surface area contributed by atoms with Crippen LogP contribution in [0.5, 0.6) is 0 Å². The summed E-state index contributed by atoms with van der Waals surface area (Å²) in [6, 6.07) is 9.22. The lowest BCUT2D eigenvalue weighted by molar-refractivity contribution is -0.141. The molecule has 122 valence electrons. The number of rotatable bonds is 5. The smallest absolute Gasteiger partial charge is 0.307 e. The van der Waals surface area contributed by atoms with Crippen molar-refractivity contribution in [1.82, 2.24) is 5.32 Å². The number of nitrogens with one attached hydrogen (secondary N) is 1. The van der Waals surface area contributed by atoms with Crippen molar-refractivity contribution in [3.8, 4) is 0 Å². The maximum Gasteiger partial charge on any atom is 0.307 e. The molecule has 6 heteroatoms. The Kier molecular flexibility index (Phi) is 7.35. The highest BCUT2D eigenvalue weighted by molar-refractivity contribution is 5.85. The second kappa shape index (κ2) is 8.76. The Morgan fingerprint density at radius 2 is 2.00 bits per heavy atom. The van der Waals surface area contributed by atoms with Crippen molar-refractivity contribution in [3.05, 3.63) is 35.9 Å². The van der Waals surface area contributed by atoms with Crippen molar-refractivity contribution in [2.24, 2.45) is 11.7 Å². The lowest BCUT2D eigenvalue weighted by atomic mass is 10.0. The first-order valence-corrected chi connectivity index (χ1v) is 7.28. The van der Waals surface area contributed by atoms with Gasteiger partial charge in [-0.15, -0.1) is 12.4 Å². The van der Waals surface area contributed by atoms with E-state index in [9.17, 15) is 9.59 Å². The molecule has 1 aliphatic carbocycles. The maximum absolute atomic E-state index is 12.3. The Labute approximate surface area is 137 Å². The molecule has 5 nitrogen and oxygen atoms in total. The van der Waals surface area contributed by atoms with Gasteiger partial charge in [-0.05, 0) is 24.8 Å². The molecule has 1 aromatic rings. The zero-order valence-electron chi connectivity index (χ0n) is 12.7. The van der Waals surface area contributed by atoms with Crippen LogP contribution in [0.1, 0.15) is 37.3 Å². The van der Waals surface area contributed by atoms with Gasteiger partial charge in [-0.3, -0.25) is 9.59 Å². The molecule has 1 aliphatic rings. The summed E-state index contributed by atoms with van der Waals surface area (Å²) in [6.07, 6.45) is 2.54. The molecule has 3 N–H and O–H groups in total. The largest absolute Gasteiger partial charge is 0.469 e. The fraction of sp³-hybridized carbons (Fsp3) is 0.500. The number of halogens is 1. The third-order valence-corrected chi connectivity index (χ3v) is 3.96. The summed E-state index contributed by atoms with van der Waals surface area (Å²) in [7, 11) is 1.35. The zero-order chi connectivity index (χ0) is 15.2. The molecular weight excluding hydrogens is 304 g/mol. The van der Waals surface area contributed by atoms with Crippen LogP contribution in [0.3, 0.4) is 0 Å². The van der Waals surface area contributed by atoms with Gasteiger partial charge in [-0.1, -0.05) is 30.3 Å². The molecule has 1 aromatic carbocycles. The molecule has 1 amide bonds. The summed E-state index contributed by atoms with van der Waals surface area (Å²) < 4.78 is 4.72. The Morgan fingerprint density at radius 1 is 1.32 bits per heavy atom. The van der Waals surface area contributed by atoms with E-state index in [4.69, 9.17) is 10.5 Å². The summed E-state index contributed by atoms with van der Waals surface area (Å²) in [5.41, 5.74) is 6.75. The Balaban J connectivity index is 0.00000242. The predicted molar refractivity (Wildman–Crippen MR) is 86.5 cm³/mol. The van der Waals surface area contributed by atoms with E-state index in [0.29, 0.717) is 6.42 Å². The van der Waals surface area contributed by atoms with Crippen molar-refractivity contribution in [2.45, 2.75) is 37.8 Å². The van der Waals surface area contributed by atoms with Crippen LogP contribution in [0.4, 0.5) is 0 Å². The second-order valence-corrected chi connectivity index (χ2v) is 5.52. The van der Waals surface area contributed by atoms with Crippen molar-refractivity contribution in [1.29, 1.82) is 0 Å². The normalized spacial score (nSPS) is 21.5. The summed E-state index contributed by atoms with van der Waals surface area (Å²) >= 11 is 0. The van der Waals surface area contributed by atoms with Crippen LogP contribution in [0.15, 0.2) is 30.3 Å². The lowest BCUT2D eigenvalue weighted by Gasteiger charge is -2.20. The van der Waals surface area contributed by atoms with Crippen LogP contribution in [0.25, 0.3) is 0 Å². The quantitative estimate of drug-likeness (QED) is 0.810. The number of ether oxygens (including phenoxy) is 1. The second-order valence-electron chi connectivity index (χ2n) is 5.52. The molecule has 0 bridgehead atoms. The molecule has 0 heterocycles. The molecule has 0 radical (unpaired) electrons. The van der Waals surface area contributed by atoms with Gasteiger partial charge >= 0.3 is 5.97 Å². The Morgan fingerprint density at radius 3 is 2.55 bits per heavy atom. The molecule has 0 aromatic heterocycles. The van der Waals surface area contributed by atoms with E-state index in [1.807, 2.05) is 30.3 Å². The minimum Gasteiger partial charge on any atom is -0.469 e. The van der Waals surface area contributed by atoms with E-state index in [1.54, 1.807) is 0 Å². The van der Waals surface area contributed by atoms with Gasteiger partial charge in [0.2, 0.25) is 5.91 Å². The number of hydrogen-bond donors (Lipinski definition) is 2. The number of amides is 1. The monoisotopic (exact) mass is 326 g/mol. The van der Waals surface area contributed by atoms with Crippen molar-refractivity contribution < 1.29 is 14.3 Å². The van der Waals surface area contributed by atoms with E-state index < -0.39 is 0 Å². The summed E-state index contributed by atoms with van der Waals surface area (Å²) in [5.74, 6) is -0.420. The average Bonchev–Trinajstić information content (AvgIpc) is 2.94. The van der Waals surface area contributed by atoms with Crippen molar-refractivity contribution in [2.75, 3.05) is 7.11 Å². The van der Waals surface area contributed by atoms with E-state index >= 15 is 0 Å². The first kappa shape index (κ1) is 18.5. The molecule has 0 aliphatic heterocycles. The highest BCUT2D eigenvalue weighted by Gasteiger charge is 2.29. The number of hydrogen-bond acceptors (Lipinski definition) is 4. The van der Waals surface area contributed by atoms with Crippen LogP contribution in [0.2, 0.25) is 0 Å². The molecule has 1 saturated carbocycles. The van der Waals surface area contributed by atoms with E-state index in [-0.39, 0.29) is 48.7 Å². The minimum absolute atomic E-state index is 0. The first-order valence-electron chi connectivity index (χ1n) is 7.28. The Hall–Kier alpha value is -1.59. The maximum atomic E-state index is 12.3. The number of esters is 1. The van der Waals surface area contributed by atoms with Crippen LogP contribution in [-0.4, -0.2) is 25.0 Å². The van der Waals surface area contributed by atoms with Crippen molar-refractivity contribution >= 4 is 24.3 Å². The summed E-state index contributed by atoms with van der Waals surface area (Å²) in [4.78, 5) is 23.9. The van der Waals surface area contributed by atoms with Gasteiger partial charge in [0, 0.05) is 12.0 Å². The third-order valence-electron chi connectivity index (χ3n) is 3.96. The topological polar surface area (TPSA) is 81.4 Å². The highest BCUT2D eigenvalue weighted by atomic mass is 35.5. The fourth-order valence-electron chi connectivity index (χ4n) is 2.73. The number of methoxy groups -OCH3 is 1. The predicted octanol–water partition coefficient (Wildman–Crippen LogP) is 1.96. The third kappa shape index (κ3) is 5.00. The van der Waals surface area contributed by atoms with Gasteiger partial charge in [0.1, 0.15) is 0 Å². The van der Waals surface area contributed by atoms with Crippen molar-refractivity contribution in [3.63, 3.8) is 0 Å². The number of nitrogens with two attached hydrogens (primary N) is 1. The number of carbonyl (C=O) groups is 2. The van der Waals surface area contributed by atoms with Gasteiger partial charge in [0.25, 0.3) is 0 Å². The number of carbonyl (C=O) groups excluding carboxylic acids is 2. The first-order chi connectivity index (χ1) is 10.1. The molecule has 0 saturated heterocycles. The highest BCUT2D eigenvalue weighted by Crippen LogP contribution is 2.26. The molecule has 3 unspecified atom stereocenters. The lowest BCUT2D eigenvalue weighted by Crippen LogP contribution is -2.35. The SMILES string of the molecule is COC(=O)CC(NC(=O)C1CCC(N)C1)c1ccccc1.Cl. The molecule has 22 heavy (non-hydrogen) atoms. The zero-order valence-corrected chi connectivity index (χ0v) is 13.5. The van der Waals surface area contributed by atoms with Crippen LogP contribution < -0.4 is 11.1 Å². The molecule has 2 rings (SSSR count). The van der Waals surface area contributed by atoms with E-state index in [2.05, 4.69) is 5.32 Å². The fourth-order valence-corrected chi connectivity index (χ4v) is 2.73. The van der Waals surface area contributed by atoms with Gasteiger partial charge in [0.15, 0.2) is 0 Å². The molecule has 0 spiro atoms. The number of benzene rings is 1. The standard InChI is InChI=1S/C16H22N2O3.ClH/c1-21-15(19)10-14(11-5-3-2-4-6-11)18-16(20)12-7-8-13(17)9-12;/h2-6,12-14H,7-10,17H2,1H3,(H,18,20);1H. The van der Waals surface area contributed by atoms with Gasteiger partial charge in [-0.2, -0.15) is 0 Å². The average molecular weight is 327 g/mol. The van der Waals surface area contributed by atoms with Crippen LogP contribution >= 0.6 is 12.4 Å². The summed E-state index contributed by atoms with van der Waals surface area (Å²) in [6.45, 7) is 0. The minimum atomic E-state index is -0.358. The summed E-state index contributed by atoms with van der Waals surface area (Å²) in [5, 5.41) is 2.97. The van der Waals surface area contributed by atoms with Gasteiger partial charge in [-0.25, -0.2) is 0 Å². The van der Waals surface area contributed by atoms with Crippen LogP contribution in [-0.2, 0) is 14.3 Å². The van der Waals surface area contributed by atoms with Crippen LogP contribution in [0, 0.1) is 5.92 Å². The van der Waals surface area contributed by atoms with Gasteiger partial charge < -0.3 is 15.8 Å². The van der Waals surface area contributed by atoms with E-state index in [1.165, 1.54) is 7.11 Å². The molecule has 1 fully saturated rings. The molecule has 3 atom stereocenters.